The molecule has 0 aliphatic heterocycles. The fraction of sp³-hybridized carbons (Fsp3) is 0.364. The predicted octanol–water partition coefficient (Wildman–Crippen LogP) is 0.0764. The Hall–Kier alpha value is -1.80. The Bertz CT molecular complexity index is 801. The van der Waals surface area contributed by atoms with Crippen LogP contribution in [-0.2, 0) is 23.2 Å². The second kappa shape index (κ2) is 8.34. The third-order valence-electron chi connectivity index (χ3n) is 2.80. The van der Waals surface area contributed by atoms with Crippen LogP contribution >= 0.6 is 15.9 Å². The minimum atomic E-state index is -3.73. The van der Waals surface area contributed by atoms with Gasteiger partial charge in [0.1, 0.15) is 17.7 Å². The number of amidine groups is 1. The number of aromatic nitrogens is 2. The molecule has 13 heteroatoms. The normalized spacial score (nSPS) is 12.5. The number of furan rings is 1. The molecule has 0 aliphatic carbocycles. The first-order valence-electron chi connectivity index (χ1n) is 6.65. The quantitative estimate of drug-likeness (QED) is 0.200. The van der Waals surface area contributed by atoms with Crippen LogP contribution in [0.25, 0.3) is 0 Å². The molecule has 2 aromatic heterocycles. The van der Waals surface area contributed by atoms with E-state index in [4.69, 9.17) is 9.56 Å². The molecule has 2 aromatic rings. The largest absolute Gasteiger partial charge is 0.466 e. The molecule has 0 radical (unpaired) electrons. The summed E-state index contributed by atoms with van der Waals surface area (Å²) in [6.07, 6.45) is 2.26. The molecule has 0 atom stereocenters. The summed E-state index contributed by atoms with van der Waals surface area (Å²) >= 11 is 3.25. The number of hydrogen-bond acceptors (Lipinski definition) is 8. The molecule has 0 aliphatic rings. The van der Waals surface area contributed by atoms with Gasteiger partial charge in [-0.2, -0.15) is 8.42 Å². The van der Waals surface area contributed by atoms with E-state index in [1.807, 2.05) is 5.48 Å². The molecule has 0 amide bonds. The van der Waals surface area contributed by atoms with Crippen LogP contribution in [0.15, 0.2) is 30.8 Å². The smallest absolute Gasteiger partial charge is 0.274 e. The van der Waals surface area contributed by atoms with Crippen LogP contribution in [0.5, 0.6) is 0 Å². The van der Waals surface area contributed by atoms with Crippen molar-refractivity contribution in [3.8, 4) is 0 Å². The second-order valence-corrected chi connectivity index (χ2v) is 6.90. The number of nitrogens with one attached hydrogen (secondary N) is 2. The van der Waals surface area contributed by atoms with E-state index in [-0.39, 0.29) is 24.6 Å². The third kappa shape index (κ3) is 5.68. The Morgan fingerprint density at radius 2 is 2.25 bits per heavy atom. The molecule has 0 saturated carbocycles. The number of hydroxylamine groups is 1. The van der Waals surface area contributed by atoms with E-state index in [0.29, 0.717) is 24.3 Å². The van der Waals surface area contributed by atoms with Gasteiger partial charge in [-0.25, -0.2) is 14.5 Å². The summed E-state index contributed by atoms with van der Waals surface area (Å²) in [7, 11) is -3.73. The highest BCUT2D eigenvalue weighted by molar-refractivity contribution is 9.10. The molecule has 132 valence electrons. The topological polar surface area (TPSA) is 169 Å². The zero-order valence-electron chi connectivity index (χ0n) is 12.3. The molecule has 0 spiro atoms. The maximum Gasteiger partial charge on any atom is 0.274 e. The van der Waals surface area contributed by atoms with Crippen molar-refractivity contribution in [2.45, 2.75) is 19.4 Å². The van der Waals surface area contributed by atoms with E-state index in [9.17, 15) is 13.6 Å². The standard InChI is InChI=1S/C11H15BrN6O5S/c12-7-4-8(22-6-7)5-14-11(16-19)10-9(17-23-18-10)2-1-3-15-24(13,20)21/h4,6,15,19H,1-3,5H2,(H,14,16)(H2,13,20,21). The van der Waals surface area contributed by atoms with Crippen LogP contribution in [0.1, 0.15) is 23.6 Å². The highest BCUT2D eigenvalue weighted by atomic mass is 79.9. The van der Waals surface area contributed by atoms with Crippen molar-refractivity contribution in [3.63, 3.8) is 0 Å². The first kappa shape index (κ1) is 18.5. The van der Waals surface area contributed by atoms with Crippen molar-refractivity contribution in [1.82, 2.24) is 20.5 Å². The number of rotatable bonds is 8. The van der Waals surface area contributed by atoms with Crippen molar-refractivity contribution >= 4 is 32.0 Å². The fourth-order valence-electron chi connectivity index (χ4n) is 1.78. The summed E-state index contributed by atoms with van der Waals surface area (Å²) in [4.78, 5) is 4.14. The van der Waals surface area contributed by atoms with Crippen LogP contribution in [0.4, 0.5) is 0 Å². The number of aliphatic imine (C=N–C) groups is 1. The molecule has 2 rings (SSSR count). The summed E-state index contributed by atoms with van der Waals surface area (Å²) in [6.45, 7) is 0.290. The molecule has 24 heavy (non-hydrogen) atoms. The third-order valence-corrected chi connectivity index (χ3v) is 3.82. The Morgan fingerprint density at radius 1 is 1.46 bits per heavy atom. The Labute approximate surface area is 145 Å². The van der Waals surface area contributed by atoms with Gasteiger partial charge in [0, 0.05) is 6.54 Å². The summed E-state index contributed by atoms with van der Waals surface area (Å²) in [5.41, 5.74) is 2.57. The van der Waals surface area contributed by atoms with Crippen molar-refractivity contribution in [1.29, 1.82) is 0 Å². The van der Waals surface area contributed by atoms with Crippen LogP contribution in [-0.4, -0.2) is 36.3 Å². The highest BCUT2D eigenvalue weighted by Gasteiger charge is 2.16. The summed E-state index contributed by atoms with van der Waals surface area (Å²) in [5, 5.41) is 21.5. The fourth-order valence-corrected chi connectivity index (χ4v) is 2.56. The molecule has 0 fully saturated rings. The van der Waals surface area contributed by atoms with Gasteiger partial charge < -0.3 is 4.42 Å². The number of aryl methyl sites for hydroxylation is 1. The van der Waals surface area contributed by atoms with E-state index in [2.05, 4.69) is 40.6 Å². The minimum Gasteiger partial charge on any atom is -0.466 e. The van der Waals surface area contributed by atoms with Gasteiger partial charge in [0.25, 0.3) is 10.2 Å². The van der Waals surface area contributed by atoms with Crippen LogP contribution in [0.3, 0.4) is 0 Å². The van der Waals surface area contributed by atoms with Crippen molar-refractivity contribution in [3.05, 3.63) is 34.0 Å². The van der Waals surface area contributed by atoms with Gasteiger partial charge in [-0.15, -0.1) is 0 Å². The zero-order valence-corrected chi connectivity index (χ0v) is 14.7. The van der Waals surface area contributed by atoms with Gasteiger partial charge in [0.2, 0.25) is 0 Å². The lowest BCUT2D eigenvalue weighted by atomic mass is 10.2. The lowest BCUT2D eigenvalue weighted by Gasteiger charge is -2.03. The summed E-state index contributed by atoms with van der Waals surface area (Å²) in [5.74, 6) is 0.628. The number of nitrogens with zero attached hydrogens (tertiary/aromatic N) is 3. The van der Waals surface area contributed by atoms with Crippen molar-refractivity contribution in [2.24, 2.45) is 10.1 Å². The molecule has 0 saturated heterocycles. The van der Waals surface area contributed by atoms with E-state index in [1.165, 1.54) is 6.26 Å². The molecular formula is C11H15BrN6O5S. The molecule has 2 heterocycles. The van der Waals surface area contributed by atoms with Gasteiger partial charge in [-0.05, 0) is 40.0 Å². The highest BCUT2D eigenvalue weighted by Crippen LogP contribution is 2.15. The van der Waals surface area contributed by atoms with E-state index in [0.717, 1.165) is 4.47 Å². The number of halogens is 1. The molecule has 0 unspecified atom stereocenters. The minimum absolute atomic E-state index is 0.0539. The number of hydrogen-bond donors (Lipinski definition) is 4. The zero-order chi connectivity index (χ0) is 17.6. The van der Waals surface area contributed by atoms with E-state index in [1.54, 1.807) is 6.07 Å². The van der Waals surface area contributed by atoms with Gasteiger partial charge >= 0.3 is 0 Å². The van der Waals surface area contributed by atoms with Crippen LogP contribution in [0, 0.1) is 0 Å². The molecule has 11 nitrogen and oxygen atoms in total. The van der Waals surface area contributed by atoms with Gasteiger partial charge in [0.05, 0.1) is 11.0 Å². The lowest BCUT2D eigenvalue weighted by molar-refractivity contribution is 0.233. The maximum absolute atomic E-state index is 10.8. The molecule has 0 aromatic carbocycles. The Morgan fingerprint density at radius 3 is 2.88 bits per heavy atom. The maximum atomic E-state index is 10.8. The Kier molecular flexibility index (Phi) is 6.44. The van der Waals surface area contributed by atoms with Crippen molar-refractivity contribution < 1.29 is 22.7 Å². The SMILES string of the molecule is NS(=O)(=O)NCCCc1nonc1C(=NCc1cc(Br)co1)NO. The molecule has 0 bridgehead atoms. The van der Waals surface area contributed by atoms with Gasteiger partial charge in [-0.1, -0.05) is 5.16 Å². The predicted molar refractivity (Wildman–Crippen MR) is 85.3 cm³/mol. The monoisotopic (exact) mass is 422 g/mol. The Balaban J connectivity index is 2.00. The summed E-state index contributed by atoms with van der Waals surface area (Å²) in [6, 6.07) is 1.74. The van der Waals surface area contributed by atoms with E-state index < -0.39 is 10.2 Å². The van der Waals surface area contributed by atoms with Gasteiger partial charge in [-0.3, -0.25) is 15.7 Å². The van der Waals surface area contributed by atoms with Gasteiger partial charge in [0.15, 0.2) is 11.5 Å². The molecular weight excluding hydrogens is 408 g/mol. The van der Waals surface area contributed by atoms with Crippen LogP contribution in [0.2, 0.25) is 0 Å². The average Bonchev–Trinajstić information content (AvgIpc) is 3.13. The molecule has 5 N–H and O–H groups in total. The van der Waals surface area contributed by atoms with Crippen LogP contribution < -0.4 is 15.3 Å². The van der Waals surface area contributed by atoms with E-state index >= 15 is 0 Å². The summed E-state index contributed by atoms with van der Waals surface area (Å²) < 4.78 is 34.4. The second-order valence-electron chi connectivity index (χ2n) is 4.61. The number of nitrogens with two attached hydrogens (primary N) is 1. The van der Waals surface area contributed by atoms with Crippen molar-refractivity contribution in [2.75, 3.05) is 6.54 Å². The lowest BCUT2D eigenvalue weighted by Crippen LogP contribution is -2.31. The first-order valence-corrected chi connectivity index (χ1v) is 8.99. The first-order chi connectivity index (χ1) is 11.4. The average molecular weight is 423 g/mol.